The minimum absolute atomic E-state index is 0.0215. The van der Waals surface area contributed by atoms with Crippen molar-refractivity contribution in [2.75, 3.05) is 25.4 Å². The number of ether oxygens (including phenoxy) is 1. The van der Waals surface area contributed by atoms with Crippen LogP contribution in [0.2, 0.25) is 0 Å². The molecular formula is C14H26N2O4S. The van der Waals surface area contributed by atoms with Crippen LogP contribution in [0.3, 0.4) is 0 Å². The van der Waals surface area contributed by atoms with Crippen LogP contribution < -0.4 is 4.72 Å². The third-order valence-electron chi connectivity index (χ3n) is 4.17. The van der Waals surface area contributed by atoms with Crippen LogP contribution in [0.4, 0.5) is 0 Å². The number of nitrogens with zero attached hydrogens (tertiary/aromatic N) is 1. The van der Waals surface area contributed by atoms with Crippen LogP contribution in [-0.4, -0.2) is 56.8 Å². The Morgan fingerprint density at radius 3 is 2.81 bits per heavy atom. The van der Waals surface area contributed by atoms with Gasteiger partial charge in [-0.2, -0.15) is 0 Å². The fourth-order valence-corrected chi connectivity index (χ4v) is 4.26. The number of amides is 1. The maximum atomic E-state index is 12.1. The van der Waals surface area contributed by atoms with Crippen LogP contribution in [0, 0.1) is 0 Å². The minimum atomic E-state index is -3.35. The lowest BCUT2D eigenvalue weighted by atomic mass is 10.1. The topological polar surface area (TPSA) is 75.7 Å². The molecule has 0 aromatic rings. The predicted molar refractivity (Wildman–Crippen MR) is 80.4 cm³/mol. The number of rotatable bonds is 6. The summed E-state index contributed by atoms with van der Waals surface area (Å²) >= 11 is 0. The van der Waals surface area contributed by atoms with Crippen LogP contribution in [0.25, 0.3) is 0 Å². The highest BCUT2D eigenvalue weighted by Crippen LogP contribution is 2.15. The van der Waals surface area contributed by atoms with E-state index in [-0.39, 0.29) is 30.4 Å². The number of carbonyl (C=O) groups is 1. The monoisotopic (exact) mass is 318 g/mol. The maximum absolute atomic E-state index is 12.1. The number of nitrogens with one attached hydrogen (secondary N) is 1. The molecule has 2 aliphatic rings. The van der Waals surface area contributed by atoms with Crippen molar-refractivity contribution in [1.29, 1.82) is 0 Å². The summed E-state index contributed by atoms with van der Waals surface area (Å²) in [6, 6.07) is -0.0974. The second kappa shape index (κ2) is 7.56. The Labute approximate surface area is 127 Å². The lowest BCUT2D eigenvalue weighted by molar-refractivity contribution is -0.135. The molecule has 0 bridgehead atoms. The molecule has 2 rings (SSSR count). The molecule has 21 heavy (non-hydrogen) atoms. The Hall–Kier alpha value is -0.660. The summed E-state index contributed by atoms with van der Waals surface area (Å²) in [6.07, 6.45) is 5.17. The number of hydrogen-bond acceptors (Lipinski definition) is 4. The van der Waals surface area contributed by atoms with Crippen LogP contribution in [0.5, 0.6) is 0 Å². The average molecular weight is 318 g/mol. The third kappa shape index (κ3) is 5.23. The van der Waals surface area contributed by atoms with Crippen LogP contribution in [0.15, 0.2) is 0 Å². The smallest absolute Gasteiger partial charge is 0.222 e. The van der Waals surface area contributed by atoms with Gasteiger partial charge in [0.1, 0.15) is 0 Å². The molecule has 0 saturated carbocycles. The maximum Gasteiger partial charge on any atom is 0.222 e. The van der Waals surface area contributed by atoms with Crippen molar-refractivity contribution >= 4 is 15.9 Å². The summed E-state index contributed by atoms with van der Waals surface area (Å²) in [6.45, 7) is 3.55. The van der Waals surface area contributed by atoms with Crippen molar-refractivity contribution in [1.82, 2.24) is 9.62 Å². The second-order valence-electron chi connectivity index (χ2n) is 6.01. The number of hydrogen-bond donors (Lipinski definition) is 1. The SMILES string of the molecule is CC(CNS(=O)(=O)CC1CCCCO1)N1CCCCC1=O. The van der Waals surface area contributed by atoms with Crippen molar-refractivity contribution < 1.29 is 17.9 Å². The van der Waals surface area contributed by atoms with Gasteiger partial charge in [-0.3, -0.25) is 4.79 Å². The molecule has 2 saturated heterocycles. The average Bonchev–Trinajstić information content (AvgIpc) is 2.46. The first-order valence-corrected chi connectivity index (χ1v) is 9.51. The van der Waals surface area contributed by atoms with Gasteiger partial charge >= 0.3 is 0 Å². The van der Waals surface area contributed by atoms with Gasteiger partial charge in [-0.1, -0.05) is 0 Å². The third-order valence-corrected chi connectivity index (χ3v) is 5.59. The molecule has 1 amide bonds. The summed E-state index contributed by atoms with van der Waals surface area (Å²) in [5, 5.41) is 0. The van der Waals surface area contributed by atoms with E-state index >= 15 is 0 Å². The van der Waals surface area contributed by atoms with Gasteiger partial charge in [-0.15, -0.1) is 0 Å². The molecule has 0 aromatic heterocycles. The van der Waals surface area contributed by atoms with E-state index in [9.17, 15) is 13.2 Å². The highest BCUT2D eigenvalue weighted by atomic mass is 32.2. The quantitative estimate of drug-likeness (QED) is 0.789. The van der Waals surface area contributed by atoms with Crippen molar-refractivity contribution in [3.05, 3.63) is 0 Å². The fraction of sp³-hybridized carbons (Fsp3) is 0.929. The summed E-state index contributed by atoms with van der Waals surface area (Å²) in [7, 11) is -3.35. The van der Waals surface area contributed by atoms with Crippen LogP contribution in [-0.2, 0) is 19.6 Å². The van der Waals surface area contributed by atoms with Gasteiger partial charge in [0.25, 0.3) is 0 Å². The van der Waals surface area contributed by atoms with Gasteiger partial charge in [0.2, 0.25) is 15.9 Å². The Bertz CT molecular complexity index is 446. The molecule has 6 nitrogen and oxygen atoms in total. The van der Waals surface area contributed by atoms with Gasteiger partial charge in [-0.25, -0.2) is 13.1 Å². The van der Waals surface area contributed by atoms with Crippen LogP contribution in [0.1, 0.15) is 45.4 Å². The van der Waals surface area contributed by atoms with E-state index < -0.39 is 10.0 Å². The molecule has 2 heterocycles. The van der Waals surface area contributed by atoms with Gasteiger partial charge in [0.05, 0.1) is 11.9 Å². The number of carbonyl (C=O) groups excluding carboxylic acids is 1. The van der Waals surface area contributed by atoms with E-state index in [1.54, 1.807) is 4.90 Å². The summed E-state index contributed by atoms with van der Waals surface area (Å²) in [4.78, 5) is 13.6. The summed E-state index contributed by atoms with van der Waals surface area (Å²) in [5.74, 6) is 0.150. The Balaban J connectivity index is 1.78. The minimum Gasteiger partial charge on any atom is -0.377 e. The first-order valence-electron chi connectivity index (χ1n) is 7.86. The number of piperidine rings is 1. The molecule has 0 aliphatic carbocycles. The molecular weight excluding hydrogens is 292 g/mol. The van der Waals surface area contributed by atoms with E-state index in [2.05, 4.69) is 4.72 Å². The van der Waals surface area contributed by atoms with E-state index in [0.29, 0.717) is 13.0 Å². The van der Waals surface area contributed by atoms with Crippen molar-refractivity contribution in [3.8, 4) is 0 Å². The normalized spacial score (nSPS) is 25.9. The highest BCUT2D eigenvalue weighted by molar-refractivity contribution is 7.89. The van der Waals surface area contributed by atoms with E-state index in [1.165, 1.54) is 0 Å². The Morgan fingerprint density at radius 1 is 1.33 bits per heavy atom. The standard InChI is InChI=1S/C14H26N2O4S/c1-12(16-8-4-2-7-14(16)17)10-15-21(18,19)11-13-6-3-5-9-20-13/h12-13,15H,2-11H2,1H3. The molecule has 2 fully saturated rings. The zero-order valence-electron chi connectivity index (χ0n) is 12.7. The molecule has 122 valence electrons. The van der Waals surface area contributed by atoms with E-state index in [4.69, 9.17) is 4.74 Å². The zero-order chi connectivity index (χ0) is 15.3. The first kappa shape index (κ1) is 16.7. The second-order valence-corrected chi connectivity index (χ2v) is 7.86. The van der Waals surface area contributed by atoms with Crippen LogP contribution >= 0.6 is 0 Å². The number of likely N-dealkylation sites (tertiary alicyclic amines) is 1. The molecule has 0 spiro atoms. The largest absolute Gasteiger partial charge is 0.377 e. The molecule has 2 unspecified atom stereocenters. The molecule has 0 aromatic carbocycles. The number of sulfonamides is 1. The molecule has 2 atom stereocenters. The van der Waals surface area contributed by atoms with E-state index in [0.717, 1.165) is 38.6 Å². The first-order chi connectivity index (χ1) is 9.98. The lowest BCUT2D eigenvalue weighted by Crippen LogP contribution is -2.48. The predicted octanol–water partition coefficient (Wildman–Crippen LogP) is 0.876. The molecule has 1 N–H and O–H groups in total. The lowest BCUT2D eigenvalue weighted by Gasteiger charge is -2.32. The molecule has 2 aliphatic heterocycles. The van der Waals surface area contributed by atoms with Crippen molar-refractivity contribution in [2.45, 2.75) is 57.6 Å². The Morgan fingerprint density at radius 2 is 2.14 bits per heavy atom. The highest BCUT2D eigenvalue weighted by Gasteiger charge is 2.26. The molecule has 0 radical (unpaired) electrons. The van der Waals surface area contributed by atoms with Crippen molar-refractivity contribution in [3.63, 3.8) is 0 Å². The van der Waals surface area contributed by atoms with E-state index in [1.807, 2.05) is 6.92 Å². The van der Waals surface area contributed by atoms with Crippen molar-refractivity contribution in [2.24, 2.45) is 0 Å². The Kier molecular flexibility index (Phi) is 6.01. The molecule has 7 heteroatoms. The summed E-state index contributed by atoms with van der Waals surface area (Å²) < 4.78 is 32.2. The zero-order valence-corrected chi connectivity index (χ0v) is 13.5. The fourth-order valence-electron chi connectivity index (χ4n) is 2.89. The summed E-state index contributed by atoms with van der Waals surface area (Å²) in [5.41, 5.74) is 0. The van der Waals surface area contributed by atoms with Gasteiger partial charge < -0.3 is 9.64 Å². The van der Waals surface area contributed by atoms with Gasteiger partial charge in [0, 0.05) is 32.2 Å². The van der Waals surface area contributed by atoms with Gasteiger partial charge in [-0.05, 0) is 39.0 Å². The van der Waals surface area contributed by atoms with Gasteiger partial charge in [0.15, 0.2) is 0 Å².